The average Bonchev–Trinajstić information content (AvgIpc) is 2.66. The second-order valence-corrected chi connectivity index (χ2v) is 6.35. The lowest BCUT2D eigenvalue weighted by Gasteiger charge is -2.12. The molecular formula is C21H24ClNO5. The van der Waals surface area contributed by atoms with Crippen molar-refractivity contribution in [2.75, 3.05) is 25.1 Å². The fourth-order valence-electron chi connectivity index (χ4n) is 2.50. The third-order valence-corrected chi connectivity index (χ3v) is 4.27. The summed E-state index contributed by atoms with van der Waals surface area (Å²) in [7, 11) is 0. The maximum atomic E-state index is 12.1. The molecule has 0 fully saturated rings. The summed E-state index contributed by atoms with van der Waals surface area (Å²) < 4.78 is 16.1. The Kier molecular flexibility index (Phi) is 8.14. The van der Waals surface area contributed by atoms with E-state index < -0.39 is 11.9 Å². The number of ether oxygens (including phenoxy) is 3. The van der Waals surface area contributed by atoms with Crippen LogP contribution < -0.4 is 14.8 Å². The number of carbonyl (C=O) groups is 2. The summed E-state index contributed by atoms with van der Waals surface area (Å²) in [5.74, 6) is 0.256. The molecule has 0 saturated heterocycles. The van der Waals surface area contributed by atoms with Crippen molar-refractivity contribution in [3.63, 3.8) is 0 Å². The lowest BCUT2D eigenvalue weighted by atomic mass is 10.1. The van der Waals surface area contributed by atoms with Crippen molar-refractivity contribution < 1.29 is 23.8 Å². The van der Waals surface area contributed by atoms with Crippen LogP contribution in [0.15, 0.2) is 36.4 Å². The Morgan fingerprint density at radius 3 is 2.46 bits per heavy atom. The summed E-state index contributed by atoms with van der Waals surface area (Å²) >= 11 is 6.03. The van der Waals surface area contributed by atoms with Gasteiger partial charge >= 0.3 is 5.97 Å². The molecule has 6 nitrogen and oxygen atoms in total. The van der Waals surface area contributed by atoms with Crippen molar-refractivity contribution in [3.05, 3.63) is 52.5 Å². The minimum absolute atomic E-state index is 0.0238. The highest BCUT2D eigenvalue weighted by Gasteiger charge is 2.13. The van der Waals surface area contributed by atoms with Crippen LogP contribution in [0.3, 0.4) is 0 Å². The molecule has 0 aromatic heterocycles. The minimum atomic E-state index is -0.510. The zero-order valence-electron chi connectivity index (χ0n) is 16.2. The highest BCUT2D eigenvalue weighted by molar-refractivity contribution is 6.31. The van der Waals surface area contributed by atoms with Crippen molar-refractivity contribution in [1.82, 2.24) is 0 Å². The predicted molar refractivity (Wildman–Crippen MR) is 108 cm³/mol. The minimum Gasteiger partial charge on any atom is -0.490 e. The van der Waals surface area contributed by atoms with Gasteiger partial charge in [-0.2, -0.15) is 0 Å². The first kappa shape index (κ1) is 21.6. The number of carbonyl (C=O) groups excluding carboxylic acids is 2. The molecule has 0 heterocycles. The van der Waals surface area contributed by atoms with Crippen LogP contribution in [-0.2, 0) is 20.7 Å². The lowest BCUT2D eigenvalue weighted by Crippen LogP contribution is -2.22. The number of hydrogen-bond acceptors (Lipinski definition) is 5. The topological polar surface area (TPSA) is 73.9 Å². The van der Waals surface area contributed by atoms with E-state index in [-0.39, 0.29) is 13.0 Å². The maximum Gasteiger partial charge on any atom is 0.310 e. The van der Waals surface area contributed by atoms with Gasteiger partial charge in [-0.25, -0.2) is 0 Å². The Hall–Kier alpha value is -2.73. The van der Waals surface area contributed by atoms with Crippen LogP contribution in [-0.4, -0.2) is 31.7 Å². The molecule has 1 N–H and O–H groups in total. The van der Waals surface area contributed by atoms with Gasteiger partial charge in [-0.05, 0) is 56.2 Å². The highest BCUT2D eigenvalue weighted by atomic mass is 35.5. The molecular weight excluding hydrogens is 382 g/mol. The van der Waals surface area contributed by atoms with Crippen LogP contribution in [0.25, 0.3) is 0 Å². The Morgan fingerprint density at radius 2 is 1.75 bits per heavy atom. The number of halogens is 1. The molecule has 0 aliphatic rings. The molecule has 0 atom stereocenters. The van der Waals surface area contributed by atoms with Gasteiger partial charge < -0.3 is 19.5 Å². The number of rotatable bonds is 9. The third-order valence-electron chi connectivity index (χ3n) is 3.86. The third kappa shape index (κ3) is 6.16. The molecule has 0 aliphatic carbocycles. The Balaban J connectivity index is 1.90. The average molecular weight is 406 g/mol. The van der Waals surface area contributed by atoms with E-state index in [4.69, 9.17) is 25.8 Å². The van der Waals surface area contributed by atoms with E-state index >= 15 is 0 Å². The van der Waals surface area contributed by atoms with Crippen molar-refractivity contribution in [1.29, 1.82) is 0 Å². The molecule has 0 radical (unpaired) electrons. The van der Waals surface area contributed by atoms with Gasteiger partial charge in [0.15, 0.2) is 18.1 Å². The summed E-state index contributed by atoms with van der Waals surface area (Å²) in [4.78, 5) is 24.1. The first-order chi connectivity index (χ1) is 13.4. The molecule has 150 valence electrons. The Labute approximate surface area is 169 Å². The van der Waals surface area contributed by atoms with E-state index in [2.05, 4.69) is 5.32 Å². The molecule has 0 saturated carbocycles. The molecule has 2 aromatic rings. The van der Waals surface area contributed by atoms with E-state index in [0.717, 1.165) is 5.56 Å². The zero-order chi connectivity index (χ0) is 20.5. The molecule has 1 amide bonds. The number of anilines is 1. The van der Waals surface area contributed by atoms with Crippen LogP contribution >= 0.6 is 11.6 Å². The summed E-state index contributed by atoms with van der Waals surface area (Å²) in [5.41, 5.74) is 2.05. The normalized spacial score (nSPS) is 10.3. The van der Waals surface area contributed by atoms with Gasteiger partial charge in [-0.3, -0.25) is 9.59 Å². The van der Waals surface area contributed by atoms with Crippen molar-refractivity contribution >= 4 is 29.2 Å². The zero-order valence-corrected chi connectivity index (χ0v) is 17.0. The molecule has 2 aromatic carbocycles. The molecule has 0 aliphatic heterocycles. The number of hydrogen-bond donors (Lipinski definition) is 1. The van der Waals surface area contributed by atoms with Gasteiger partial charge in [0.2, 0.25) is 0 Å². The number of benzene rings is 2. The second kappa shape index (κ2) is 10.6. The molecule has 0 bridgehead atoms. The van der Waals surface area contributed by atoms with Crippen LogP contribution in [0.2, 0.25) is 5.02 Å². The molecule has 0 spiro atoms. The fraction of sp³-hybridized carbons (Fsp3) is 0.333. The first-order valence-corrected chi connectivity index (χ1v) is 9.41. The van der Waals surface area contributed by atoms with Crippen LogP contribution in [0, 0.1) is 6.92 Å². The van der Waals surface area contributed by atoms with E-state index in [1.807, 2.05) is 13.8 Å². The number of amides is 1. The standard InChI is InChI=1S/C21H24ClNO5/c1-4-26-18-10-9-15(11-19(18)27-5-2)12-21(25)28-13-20(24)23-17-8-6-7-16(22)14(17)3/h6-11H,4-5,12-13H2,1-3H3,(H,23,24). The quantitative estimate of drug-likeness (QED) is 0.634. The van der Waals surface area contributed by atoms with E-state index in [9.17, 15) is 9.59 Å². The summed E-state index contributed by atoms with van der Waals surface area (Å²) in [6.07, 6.45) is 0.0238. The lowest BCUT2D eigenvalue weighted by molar-refractivity contribution is -0.146. The summed E-state index contributed by atoms with van der Waals surface area (Å²) in [5, 5.41) is 3.23. The maximum absolute atomic E-state index is 12.1. The second-order valence-electron chi connectivity index (χ2n) is 5.95. The first-order valence-electron chi connectivity index (χ1n) is 9.03. The molecule has 28 heavy (non-hydrogen) atoms. The van der Waals surface area contributed by atoms with Gasteiger partial charge in [0, 0.05) is 10.7 Å². The molecule has 0 unspecified atom stereocenters. The van der Waals surface area contributed by atoms with Gasteiger partial charge in [0.05, 0.1) is 19.6 Å². The number of nitrogens with one attached hydrogen (secondary N) is 1. The van der Waals surface area contributed by atoms with Crippen LogP contribution in [0.5, 0.6) is 11.5 Å². The van der Waals surface area contributed by atoms with Gasteiger partial charge in [-0.15, -0.1) is 0 Å². The fourth-order valence-corrected chi connectivity index (χ4v) is 2.67. The highest BCUT2D eigenvalue weighted by Crippen LogP contribution is 2.29. The van der Waals surface area contributed by atoms with Crippen LogP contribution in [0.1, 0.15) is 25.0 Å². The van der Waals surface area contributed by atoms with Crippen molar-refractivity contribution in [2.45, 2.75) is 27.2 Å². The van der Waals surface area contributed by atoms with Gasteiger partial charge in [0.1, 0.15) is 0 Å². The van der Waals surface area contributed by atoms with E-state index in [1.54, 1.807) is 43.3 Å². The van der Waals surface area contributed by atoms with E-state index in [0.29, 0.717) is 41.0 Å². The predicted octanol–water partition coefficient (Wildman–Crippen LogP) is 4.17. The number of esters is 1. The Morgan fingerprint density at radius 1 is 1.04 bits per heavy atom. The Bertz CT molecular complexity index is 838. The summed E-state index contributed by atoms with van der Waals surface area (Å²) in [6, 6.07) is 10.5. The van der Waals surface area contributed by atoms with Gasteiger partial charge in [0.25, 0.3) is 5.91 Å². The van der Waals surface area contributed by atoms with Gasteiger partial charge in [-0.1, -0.05) is 23.7 Å². The smallest absolute Gasteiger partial charge is 0.310 e. The van der Waals surface area contributed by atoms with Crippen molar-refractivity contribution in [2.24, 2.45) is 0 Å². The largest absolute Gasteiger partial charge is 0.490 e. The monoisotopic (exact) mass is 405 g/mol. The molecule has 2 rings (SSSR count). The SMILES string of the molecule is CCOc1ccc(CC(=O)OCC(=O)Nc2cccc(Cl)c2C)cc1OCC. The van der Waals surface area contributed by atoms with Crippen molar-refractivity contribution in [3.8, 4) is 11.5 Å². The van der Waals surface area contributed by atoms with E-state index in [1.165, 1.54) is 0 Å². The molecule has 7 heteroatoms. The summed E-state index contributed by atoms with van der Waals surface area (Å²) in [6.45, 7) is 6.18. The van der Waals surface area contributed by atoms with Crippen LogP contribution in [0.4, 0.5) is 5.69 Å².